The minimum absolute atomic E-state index is 1.01. The largest absolute Gasteiger partial charge is 0.343 e. The third-order valence-electron chi connectivity index (χ3n) is 3.99. The smallest absolute Gasteiger partial charge is 0.157 e. The van der Waals surface area contributed by atoms with Crippen LogP contribution in [0.25, 0.3) is 22.6 Å². The highest BCUT2D eigenvalue weighted by Gasteiger charge is 2.19. The van der Waals surface area contributed by atoms with E-state index in [9.17, 15) is 0 Å². The number of nitrogens with zero attached hydrogens (tertiary/aromatic N) is 3. The summed E-state index contributed by atoms with van der Waals surface area (Å²) in [5.74, 6) is 1.10. The second-order valence-corrected chi connectivity index (χ2v) is 5.10. The maximum Gasteiger partial charge on any atom is 0.157 e. The van der Waals surface area contributed by atoms with E-state index in [1.807, 2.05) is 0 Å². The molecule has 90 valence electrons. The van der Waals surface area contributed by atoms with Crippen LogP contribution in [0.3, 0.4) is 0 Å². The van der Waals surface area contributed by atoms with Crippen LogP contribution < -0.4 is 0 Å². The molecule has 1 aliphatic rings. The Balaban J connectivity index is 2.09. The van der Waals surface area contributed by atoms with Crippen molar-refractivity contribution >= 4 is 11.0 Å². The minimum Gasteiger partial charge on any atom is -0.343 e. The van der Waals surface area contributed by atoms with E-state index in [0.717, 1.165) is 24.4 Å². The van der Waals surface area contributed by atoms with E-state index in [-0.39, 0.29) is 0 Å². The van der Waals surface area contributed by atoms with Gasteiger partial charge in [-0.15, -0.1) is 0 Å². The maximum atomic E-state index is 4.81. The van der Waals surface area contributed by atoms with E-state index < -0.39 is 0 Å². The molecule has 4 rings (SSSR count). The van der Waals surface area contributed by atoms with Gasteiger partial charge in [-0.05, 0) is 49.2 Å². The normalized spacial score (nSPS) is 13.7. The second kappa shape index (κ2) is 3.25. The lowest BCUT2D eigenvalue weighted by molar-refractivity contribution is 0.567. The number of rotatable bonds is 0. The Morgan fingerprint density at radius 1 is 1.11 bits per heavy atom. The molecule has 3 heteroatoms. The van der Waals surface area contributed by atoms with E-state index in [2.05, 4.69) is 53.4 Å². The first-order valence-electron chi connectivity index (χ1n) is 6.37. The topological polar surface area (TPSA) is 22.8 Å². The van der Waals surface area contributed by atoms with E-state index in [4.69, 9.17) is 4.98 Å². The molecule has 18 heavy (non-hydrogen) atoms. The van der Waals surface area contributed by atoms with Gasteiger partial charge in [0, 0.05) is 19.3 Å². The van der Waals surface area contributed by atoms with Gasteiger partial charge in [0.15, 0.2) is 5.82 Å². The highest BCUT2D eigenvalue weighted by molar-refractivity contribution is 5.82. The molecule has 2 aromatic heterocycles. The minimum atomic E-state index is 1.01. The Bertz CT molecular complexity index is 761. The van der Waals surface area contributed by atoms with Gasteiger partial charge in [-0.25, -0.2) is 4.98 Å². The van der Waals surface area contributed by atoms with Crippen LogP contribution in [-0.4, -0.2) is 14.1 Å². The van der Waals surface area contributed by atoms with Gasteiger partial charge in [-0.1, -0.05) is 0 Å². The predicted octanol–water partition coefficient (Wildman–Crippen LogP) is 3.14. The summed E-state index contributed by atoms with van der Waals surface area (Å²) in [4.78, 5) is 4.81. The highest BCUT2D eigenvalue weighted by atomic mass is 15.2. The third kappa shape index (κ3) is 1.16. The van der Waals surface area contributed by atoms with Gasteiger partial charge >= 0.3 is 0 Å². The molecule has 0 atom stereocenters. The summed E-state index contributed by atoms with van der Waals surface area (Å²) in [7, 11) is 0. The van der Waals surface area contributed by atoms with E-state index in [1.165, 1.54) is 22.3 Å². The number of imidazole rings is 1. The molecule has 0 saturated carbocycles. The quantitative estimate of drug-likeness (QED) is 0.589. The molecule has 0 fully saturated rings. The number of aryl methyl sites for hydroxylation is 4. The fourth-order valence-corrected chi connectivity index (χ4v) is 2.82. The molecule has 3 heterocycles. The second-order valence-electron chi connectivity index (χ2n) is 5.10. The van der Waals surface area contributed by atoms with Gasteiger partial charge in [-0.2, -0.15) is 0 Å². The number of hydrogen-bond donors (Lipinski definition) is 0. The van der Waals surface area contributed by atoms with Crippen LogP contribution in [0.2, 0.25) is 0 Å². The van der Waals surface area contributed by atoms with Crippen molar-refractivity contribution in [2.24, 2.45) is 0 Å². The number of fused-ring (bicyclic) bond motifs is 5. The van der Waals surface area contributed by atoms with Crippen LogP contribution in [-0.2, 0) is 13.1 Å². The van der Waals surface area contributed by atoms with Crippen LogP contribution in [0.1, 0.15) is 11.1 Å². The number of hydrogen-bond acceptors (Lipinski definition) is 1. The van der Waals surface area contributed by atoms with Gasteiger partial charge in [0.1, 0.15) is 0 Å². The Kier molecular flexibility index (Phi) is 1.80. The standard InChI is InChI=1S/C15H15N3/c1-10-8-12-14(9-11(10)2)18-7-6-17-5-3-4-13(17)15(18)16-12/h3-5,8-9H,6-7H2,1-2H3. The van der Waals surface area contributed by atoms with Crippen molar-refractivity contribution < 1.29 is 0 Å². The molecular formula is C15H15N3. The summed E-state index contributed by atoms with van der Waals surface area (Å²) >= 11 is 0. The van der Waals surface area contributed by atoms with Crippen molar-refractivity contribution in [1.29, 1.82) is 0 Å². The van der Waals surface area contributed by atoms with Gasteiger partial charge in [0.05, 0.1) is 16.7 Å². The van der Waals surface area contributed by atoms with Crippen molar-refractivity contribution in [3.63, 3.8) is 0 Å². The van der Waals surface area contributed by atoms with Crippen LogP contribution in [0.15, 0.2) is 30.5 Å². The third-order valence-corrected chi connectivity index (χ3v) is 3.99. The molecule has 0 unspecified atom stereocenters. The maximum absolute atomic E-state index is 4.81. The molecule has 3 nitrogen and oxygen atoms in total. The van der Waals surface area contributed by atoms with Gasteiger partial charge in [-0.3, -0.25) is 0 Å². The van der Waals surface area contributed by atoms with E-state index in [0.29, 0.717) is 0 Å². The molecular weight excluding hydrogens is 222 g/mol. The van der Waals surface area contributed by atoms with Crippen molar-refractivity contribution in [1.82, 2.24) is 14.1 Å². The zero-order chi connectivity index (χ0) is 12.3. The zero-order valence-electron chi connectivity index (χ0n) is 10.6. The van der Waals surface area contributed by atoms with Crippen molar-refractivity contribution in [3.05, 3.63) is 41.6 Å². The average molecular weight is 237 g/mol. The molecule has 1 aromatic carbocycles. The number of aromatic nitrogens is 3. The van der Waals surface area contributed by atoms with Gasteiger partial charge in [0.25, 0.3) is 0 Å². The summed E-state index contributed by atoms with van der Waals surface area (Å²) in [5.41, 5.74) is 6.26. The van der Waals surface area contributed by atoms with Crippen LogP contribution in [0, 0.1) is 13.8 Å². The summed E-state index contributed by atoms with van der Waals surface area (Å²) in [6.45, 7) is 6.36. The SMILES string of the molecule is Cc1cc2nc3n(c2cc1C)CCn1cccc1-3. The molecule has 0 spiro atoms. The molecule has 0 N–H and O–H groups in total. The Hall–Kier alpha value is -2.03. The molecule has 0 saturated heterocycles. The monoisotopic (exact) mass is 237 g/mol. The molecule has 0 bridgehead atoms. The zero-order valence-corrected chi connectivity index (χ0v) is 10.6. The lowest BCUT2D eigenvalue weighted by atomic mass is 10.1. The Morgan fingerprint density at radius 2 is 1.94 bits per heavy atom. The first-order chi connectivity index (χ1) is 8.74. The first-order valence-corrected chi connectivity index (χ1v) is 6.37. The Morgan fingerprint density at radius 3 is 2.83 bits per heavy atom. The van der Waals surface area contributed by atoms with Gasteiger partial charge < -0.3 is 9.13 Å². The van der Waals surface area contributed by atoms with E-state index >= 15 is 0 Å². The van der Waals surface area contributed by atoms with Crippen molar-refractivity contribution in [2.45, 2.75) is 26.9 Å². The average Bonchev–Trinajstić information content (AvgIpc) is 2.93. The van der Waals surface area contributed by atoms with Gasteiger partial charge in [0.2, 0.25) is 0 Å². The van der Waals surface area contributed by atoms with Crippen LogP contribution in [0.5, 0.6) is 0 Å². The highest BCUT2D eigenvalue weighted by Crippen LogP contribution is 2.30. The predicted molar refractivity (Wildman–Crippen MR) is 72.6 cm³/mol. The molecule has 0 radical (unpaired) electrons. The van der Waals surface area contributed by atoms with Crippen molar-refractivity contribution in [3.8, 4) is 11.5 Å². The lowest BCUT2D eigenvalue weighted by Crippen LogP contribution is -2.15. The fourth-order valence-electron chi connectivity index (χ4n) is 2.82. The van der Waals surface area contributed by atoms with E-state index in [1.54, 1.807) is 0 Å². The molecule has 3 aromatic rings. The van der Waals surface area contributed by atoms with Crippen LogP contribution >= 0.6 is 0 Å². The molecule has 0 amide bonds. The van der Waals surface area contributed by atoms with Crippen molar-refractivity contribution in [2.75, 3.05) is 0 Å². The fraction of sp³-hybridized carbons (Fsp3) is 0.267. The summed E-state index contributed by atoms with van der Waals surface area (Å²) < 4.78 is 4.62. The summed E-state index contributed by atoms with van der Waals surface area (Å²) in [5, 5.41) is 0. The van der Waals surface area contributed by atoms with Crippen LogP contribution in [0.4, 0.5) is 0 Å². The number of benzene rings is 1. The summed E-state index contributed by atoms with van der Waals surface area (Å²) in [6, 6.07) is 8.71. The Labute approximate surface area is 106 Å². The lowest BCUT2D eigenvalue weighted by Gasteiger charge is -2.18. The molecule has 1 aliphatic heterocycles. The summed E-state index contributed by atoms with van der Waals surface area (Å²) in [6.07, 6.45) is 2.13. The molecule has 0 aliphatic carbocycles. The first kappa shape index (κ1) is 9.95.